The summed E-state index contributed by atoms with van der Waals surface area (Å²) in [6.45, 7) is 1.83. The summed E-state index contributed by atoms with van der Waals surface area (Å²) in [7, 11) is -4.07. The van der Waals surface area contributed by atoms with E-state index < -0.39 is 20.9 Å². The number of nitro groups is 1. The molecule has 0 radical (unpaired) electrons. The fraction of sp³-hybridized carbons (Fsp3) is 0.0476. The number of nitrogens with one attached hydrogen (secondary N) is 2. The van der Waals surface area contributed by atoms with Gasteiger partial charge in [0.2, 0.25) is 0 Å². The summed E-state index contributed by atoms with van der Waals surface area (Å²) in [5, 5.41) is 10.9. The number of hydrogen-bond donors (Lipinski definition) is 2. The second kappa shape index (κ2) is 9.18. The van der Waals surface area contributed by atoms with Gasteiger partial charge in [0, 0.05) is 23.3 Å². The fourth-order valence-electron chi connectivity index (χ4n) is 2.58. The van der Waals surface area contributed by atoms with Crippen LogP contribution in [-0.2, 0) is 10.0 Å². The normalized spacial score (nSPS) is 11.6. The number of nitro benzene ring substituents is 1. The van der Waals surface area contributed by atoms with Crippen LogP contribution >= 0.6 is 0 Å². The maximum atomic E-state index is 12.7. The number of carbonyl (C=O) groups excluding carboxylic acids is 1. The van der Waals surface area contributed by atoms with Gasteiger partial charge in [-0.15, -0.1) is 4.40 Å². The lowest BCUT2D eigenvalue weighted by molar-refractivity contribution is -0.384. The third kappa shape index (κ3) is 5.52. The molecule has 3 aromatic rings. The van der Waals surface area contributed by atoms with Crippen LogP contribution < -0.4 is 10.9 Å². The Balaban J connectivity index is 1.89. The molecule has 0 saturated heterocycles. The minimum atomic E-state index is -4.07. The molecular weight excluding hydrogens is 420 g/mol. The summed E-state index contributed by atoms with van der Waals surface area (Å²) in [5.74, 6) is -0.806. The third-order valence-corrected chi connectivity index (χ3v) is 5.48. The van der Waals surface area contributed by atoms with Gasteiger partial charge in [0.25, 0.3) is 21.6 Å². The Morgan fingerprint density at radius 1 is 0.903 bits per heavy atom. The molecule has 0 aliphatic carbocycles. The van der Waals surface area contributed by atoms with Gasteiger partial charge in [0.1, 0.15) is 0 Å². The first-order valence-electron chi connectivity index (χ1n) is 9.04. The van der Waals surface area contributed by atoms with Crippen LogP contribution in [0.2, 0.25) is 0 Å². The molecule has 0 aliphatic rings. The number of aryl methyl sites for hydroxylation is 1. The number of rotatable bonds is 5. The average molecular weight is 438 g/mol. The highest BCUT2D eigenvalue weighted by Gasteiger charge is 2.17. The maximum Gasteiger partial charge on any atom is 0.284 e. The summed E-state index contributed by atoms with van der Waals surface area (Å²) in [6, 6.07) is 19.7. The van der Waals surface area contributed by atoms with Crippen molar-refractivity contribution in [3.63, 3.8) is 0 Å². The topological polar surface area (TPSA) is 131 Å². The quantitative estimate of drug-likeness (QED) is 0.273. The van der Waals surface area contributed by atoms with Crippen molar-refractivity contribution >= 4 is 27.5 Å². The number of hydrazine groups is 1. The van der Waals surface area contributed by atoms with Crippen molar-refractivity contribution in [1.29, 1.82) is 0 Å². The van der Waals surface area contributed by atoms with Gasteiger partial charge in [-0.3, -0.25) is 25.8 Å². The van der Waals surface area contributed by atoms with E-state index in [1.807, 2.05) is 6.92 Å². The third-order valence-electron chi connectivity index (χ3n) is 4.19. The molecule has 2 N–H and O–H groups in total. The Morgan fingerprint density at radius 3 is 2.19 bits per heavy atom. The van der Waals surface area contributed by atoms with Gasteiger partial charge < -0.3 is 0 Å². The molecule has 158 valence electrons. The zero-order valence-corrected chi connectivity index (χ0v) is 17.2. The molecule has 0 saturated carbocycles. The molecule has 31 heavy (non-hydrogen) atoms. The monoisotopic (exact) mass is 438 g/mol. The second-order valence-corrected chi connectivity index (χ2v) is 8.08. The van der Waals surface area contributed by atoms with Gasteiger partial charge in [-0.2, -0.15) is 8.42 Å². The molecule has 0 heterocycles. The first-order chi connectivity index (χ1) is 14.8. The summed E-state index contributed by atoms with van der Waals surface area (Å²) in [5.41, 5.74) is 5.95. The van der Waals surface area contributed by atoms with E-state index in [1.54, 1.807) is 42.5 Å². The van der Waals surface area contributed by atoms with Crippen molar-refractivity contribution in [1.82, 2.24) is 10.9 Å². The van der Waals surface area contributed by atoms with E-state index in [1.165, 1.54) is 30.3 Å². The predicted octanol–water partition coefficient (Wildman–Crippen LogP) is 2.97. The van der Waals surface area contributed by atoms with Crippen LogP contribution in [-0.4, -0.2) is 25.1 Å². The summed E-state index contributed by atoms with van der Waals surface area (Å²) >= 11 is 0. The highest BCUT2D eigenvalue weighted by Crippen LogP contribution is 2.15. The second-order valence-electron chi connectivity index (χ2n) is 6.48. The van der Waals surface area contributed by atoms with Gasteiger partial charge in [-0.25, -0.2) is 0 Å². The predicted molar refractivity (Wildman–Crippen MR) is 115 cm³/mol. The molecule has 1 amide bonds. The molecule has 3 rings (SSSR count). The average Bonchev–Trinajstić information content (AvgIpc) is 2.77. The van der Waals surface area contributed by atoms with Gasteiger partial charge in [-0.05, 0) is 25.1 Å². The van der Waals surface area contributed by atoms with Crippen LogP contribution in [0.25, 0.3) is 0 Å². The van der Waals surface area contributed by atoms with Crippen LogP contribution in [0.3, 0.4) is 0 Å². The number of carbonyl (C=O) groups is 1. The molecule has 9 nitrogen and oxygen atoms in total. The molecule has 0 bridgehead atoms. The van der Waals surface area contributed by atoms with Crippen LogP contribution in [0.1, 0.15) is 21.5 Å². The van der Waals surface area contributed by atoms with E-state index in [0.717, 1.165) is 11.6 Å². The lowest BCUT2D eigenvalue weighted by Gasteiger charge is -2.12. The SMILES string of the molecule is Cc1ccc(S(=O)(=O)N=C(NNC(=O)c2cccc([N+](=O)[O-])c2)c2ccccc2)cc1. The number of nitrogens with zero attached hydrogens (tertiary/aromatic N) is 2. The highest BCUT2D eigenvalue weighted by atomic mass is 32.2. The van der Waals surface area contributed by atoms with E-state index in [-0.39, 0.29) is 22.0 Å². The van der Waals surface area contributed by atoms with Gasteiger partial charge >= 0.3 is 0 Å². The van der Waals surface area contributed by atoms with E-state index in [4.69, 9.17) is 0 Å². The number of hydrogen-bond acceptors (Lipinski definition) is 5. The van der Waals surface area contributed by atoms with Gasteiger partial charge in [-0.1, -0.05) is 54.1 Å². The molecule has 0 spiro atoms. The lowest BCUT2D eigenvalue weighted by Crippen LogP contribution is -2.42. The number of amidine groups is 1. The lowest BCUT2D eigenvalue weighted by atomic mass is 10.2. The highest BCUT2D eigenvalue weighted by molar-refractivity contribution is 7.90. The van der Waals surface area contributed by atoms with Crippen LogP contribution in [0.15, 0.2) is 88.2 Å². The molecule has 0 aliphatic heterocycles. The molecule has 0 atom stereocenters. The van der Waals surface area contributed by atoms with Crippen molar-refractivity contribution in [2.45, 2.75) is 11.8 Å². The van der Waals surface area contributed by atoms with Crippen molar-refractivity contribution in [3.05, 3.63) is 106 Å². The van der Waals surface area contributed by atoms with Crippen molar-refractivity contribution < 1.29 is 18.1 Å². The maximum absolute atomic E-state index is 12.7. The first kappa shape index (κ1) is 21.7. The summed E-state index contributed by atoms with van der Waals surface area (Å²) in [6.07, 6.45) is 0. The minimum Gasteiger partial charge on any atom is -0.280 e. The number of amides is 1. The van der Waals surface area contributed by atoms with E-state index in [0.29, 0.717) is 5.56 Å². The zero-order valence-electron chi connectivity index (χ0n) is 16.3. The minimum absolute atomic E-state index is 0.00154. The standard InChI is InChI=1S/C21H18N4O5S/c1-15-10-12-19(13-11-15)31(29,30)24-20(16-6-3-2-4-7-16)22-23-21(26)17-8-5-9-18(14-17)25(27)28/h2-14H,1H3,(H,22,24)(H,23,26). The molecule has 3 aromatic carbocycles. The summed E-state index contributed by atoms with van der Waals surface area (Å²) < 4.78 is 29.3. The molecular formula is C21H18N4O5S. The largest absolute Gasteiger partial charge is 0.284 e. The van der Waals surface area contributed by atoms with Gasteiger partial charge in [0.15, 0.2) is 5.84 Å². The van der Waals surface area contributed by atoms with Crippen molar-refractivity contribution in [2.75, 3.05) is 0 Å². The van der Waals surface area contributed by atoms with Crippen LogP contribution in [0, 0.1) is 17.0 Å². The van der Waals surface area contributed by atoms with Crippen molar-refractivity contribution in [2.24, 2.45) is 4.40 Å². The van der Waals surface area contributed by atoms with E-state index in [9.17, 15) is 23.3 Å². The van der Waals surface area contributed by atoms with Crippen molar-refractivity contribution in [3.8, 4) is 0 Å². The first-order valence-corrected chi connectivity index (χ1v) is 10.5. The van der Waals surface area contributed by atoms with E-state index >= 15 is 0 Å². The Hall–Kier alpha value is -4.05. The number of non-ortho nitro benzene ring substituents is 1. The smallest absolute Gasteiger partial charge is 0.280 e. The Labute approximate surface area is 178 Å². The molecule has 10 heteroatoms. The molecule has 0 aromatic heterocycles. The fourth-order valence-corrected chi connectivity index (χ4v) is 3.55. The summed E-state index contributed by atoms with van der Waals surface area (Å²) in [4.78, 5) is 22.7. The van der Waals surface area contributed by atoms with Gasteiger partial charge in [0.05, 0.1) is 9.82 Å². The number of sulfonamides is 1. The van der Waals surface area contributed by atoms with Crippen LogP contribution in [0.5, 0.6) is 0 Å². The Morgan fingerprint density at radius 2 is 1.55 bits per heavy atom. The van der Waals surface area contributed by atoms with E-state index in [2.05, 4.69) is 15.2 Å². The Kier molecular flexibility index (Phi) is 6.41. The number of benzene rings is 3. The molecule has 0 unspecified atom stereocenters. The Bertz CT molecular complexity index is 1240. The van der Waals surface area contributed by atoms with Crippen LogP contribution in [0.4, 0.5) is 5.69 Å². The zero-order chi connectivity index (χ0) is 22.4. The molecule has 0 fully saturated rings.